The first-order chi connectivity index (χ1) is 26.2. The summed E-state index contributed by atoms with van der Waals surface area (Å²) in [5.74, 6) is -1.78. The molecule has 13 heteroatoms. The predicted molar refractivity (Wildman–Crippen MR) is 217 cm³/mol. The molecule has 54 heavy (non-hydrogen) atoms. The molecule has 0 fully saturated rings. The van der Waals surface area contributed by atoms with Crippen LogP contribution in [0.4, 0.5) is 10.7 Å². The highest BCUT2D eigenvalue weighted by Gasteiger charge is 2.29. The average molecular weight is 800 g/mol. The van der Waals surface area contributed by atoms with Crippen LogP contribution in [0, 0.1) is 0 Å². The normalized spacial score (nSPS) is 12.8. The van der Waals surface area contributed by atoms with Crippen molar-refractivity contribution in [2.45, 2.75) is 31.3 Å². The number of benzene rings is 4. The van der Waals surface area contributed by atoms with Crippen LogP contribution in [0.25, 0.3) is 6.08 Å². The molecule has 9 nitrogen and oxygen atoms in total. The lowest BCUT2D eigenvalue weighted by molar-refractivity contribution is -0.114. The molecule has 5 aromatic rings. The van der Waals surface area contributed by atoms with Crippen molar-refractivity contribution in [1.82, 2.24) is 10.2 Å². The molecule has 2 heterocycles. The first-order valence-electron chi connectivity index (χ1n) is 17.1. The molecule has 0 bridgehead atoms. The third-order valence-electron chi connectivity index (χ3n) is 8.40. The van der Waals surface area contributed by atoms with E-state index in [9.17, 15) is 19.2 Å². The molecule has 276 valence electrons. The van der Waals surface area contributed by atoms with Gasteiger partial charge in [-0.15, -0.1) is 23.1 Å². The van der Waals surface area contributed by atoms with Gasteiger partial charge in [0.25, 0.3) is 11.8 Å². The Hall–Kier alpha value is -4.91. The Morgan fingerprint density at radius 2 is 1.59 bits per heavy atom. The summed E-state index contributed by atoms with van der Waals surface area (Å²) in [6.07, 6.45) is 2.10. The van der Waals surface area contributed by atoms with Crippen molar-refractivity contribution >= 4 is 86.8 Å². The Morgan fingerprint density at radius 1 is 0.889 bits per heavy atom. The minimum atomic E-state index is -0.606. The molecule has 0 atom stereocenters. The number of fused-ring (bicyclic) bond motifs is 1. The number of thioether (sulfide) groups is 1. The number of hydrogen-bond acceptors (Lipinski definition) is 8. The van der Waals surface area contributed by atoms with Crippen LogP contribution in [0.1, 0.15) is 49.2 Å². The van der Waals surface area contributed by atoms with Crippen molar-refractivity contribution in [2.75, 3.05) is 29.5 Å². The van der Waals surface area contributed by atoms with E-state index in [2.05, 4.69) is 33.0 Å². The van der Waals surface area contributed by atoms with E-state index in [4.69, 9.17) is 27.9 Å². The Kier molecular flexibility index (Phi) is 13.2. The van der Waals surface area contributed by atoms with E-state index in [0.29, 0.717) is 55.3 Å². The molecule has 0 saturated carbocycles. The largest absolute Gasteiger partial charge is 0.462 e. The van der Waals surface area contributed by atoms with E-state index in [1.54, 1.807) is 73.7 Å². The van der Waals surface area contributed by atoms with Crippen LogP contribution in [0.3, 0.4) is 0 Å². The highest BCUT2D eigenvalue weighted by molar-refractivity contribution is 8.00. The maximum atomic E-state index is 13.6. The number of ether oxygens (including phenoxy) is 1. The maximum Gasteiger partial charge on any atom is 0.341 e. The topological polar surface area (TPSA) is 117 Å². The zero-order valence-electron chi connectivity index (χ0n) is 29.2. The van der Waals surface area contributed by atoms with Gasteiger partial charge in [-0.3, -0.25) is 19.3 Å². The number of nitrogens with zero attached hydrogens (tertiary/aromatic N) is 1. The summed E-state index contributed by atoms with van der Waals surface area (Å²) in [5.41, 5.74) is 3.67. The molecule has 6 rings (SSSR count). The van der Waals surface area contributed by atoms with Gasteiger partial charge in [-0.2, -0.15) is 0 Å². The number of esters is 1. The van der Waals surface area contributed by atoms with Crippen LogP contribution < -0.4 is 16.0 Å². The van der Waals surface area contributed by atoms with Crippen molar-refractivity contribution in [1.29, 1.82) is 0 Å². The van der Waals surface area contributed by atoms with Gasteiger partial charge >= 0.3 is 5.97 Å². The second-order valence-corrected chi connectivity index (χ2v) is 15.2. The lowest BCUT2D eigenvalue weighted by Crippen LogP contribution is -2.30. The first-order valence-corrected chi connectivity index (χ1v) is 19.7. The van der Waals surface area contributed by atoms with Crippen molar-refractivity contribution in [3.8, 4) is 0 Å². The Labute approximate surface area is 331 Å². The van der Waals surface area contributed by atoms with Gasteiger partial charge in [0.1, 0.15) is 10.7 Å². The molecule has 1 aliphatic heterocycles. The summed E-state index contributed by atoms with van der Waals surface area (Å²) in [4.78, 5) is 57.2. The predicted octanol–water partition coefficient (Wildman–Crippen LogP) is 8.93. The summed E-state index contributed by atoms with van der Waals surface area (Å²) >= 11 is 15.5. The number of anilines is 2. The van der Waals surface area contributed by atoms with E-state index < -0.39 is 17.8 Å². The van der Waals surface area contributed by atoms with Gasteiger partial charge in [-0.1, -0.05) is 83.9 Å². The minimum absolute atomic E-state index is 0.0473. The minimum Gasteiger partial charge on any atom is -0.462 e. The molecule has 3 N–H and O–H groups in total. The van der Waals surface area contributed by atoms with E-state index in [-0.39, 0.29) is 24.0 Å². The van der Waals surface area contributed by atoms with E-state index >= 15 is 0 Å². The highest BCUT2D eigenvalue weighted by atomic mass is 35.5. The molecule has 3 amide bonds. The molecule has 0 aliphatic carbocycles. The number of carbonyl (C=O) groups excluding carboxylic acids is 4. The van der Waals surface area contributed by atoms with Gasteiger partial charge in [0.05, 0.1) is 17.9 Å². The number of carbonyl (C=O) groups is 4. The smallest absolute Gasteiger partial charge is 0.341 e. The van der Waals surface area contributed by atoms with Crippen LogP contribution in [0.15, 0.2) is 114 Å². The fourth-order valence-corrected chi connectivity index (χ4v) is 8.41. The Morgan fingerprint density at radius 3 is 2.31 bits per heavy atom. The van der Waals surface area contributed by atoms with Crippen LogP contribution in [-0.4, -0.2) is 47.5 Å². The molecule has 0 unspecified atom stereocenters. The maximum absolute atomic E-state index is 13.6. The van der Waals surface area contributed by atoms with Crippen LogP contribution in [0.5, 0.6) is 0 Å². The molecule has 0 saturated heterocycles. The Balaban J connectivity index is 1.13. The van der Waals surface area contributed by atoms with E-state index in [0.717, 1.165) is 23.5 Å². The monoisotopic (exact) mass is 798 g/mol. The molecule has 1 aromatic heterocycles. The van der Waals surface area contributed by atoms with Gasteiger partial charge in [0.2, 0.25) is 5.91 Å². The Bertz CT molecular complexity index is 2170. The van der Waals surface area contributed by atoms with Crippen LogP contribution in [-0.2, 0) is 33.8 Å². The van der Waals surface area contributed by atoms with Gasteiger partial charge < -0.3 is 20.7 Å². The van der Waals surface area contributed by atoms with Crippen molar-refractivity contribution in [3.05, 3.63) is 152 Å². The first kappa shape index (κ1) is 38.8. The van der Waals surface area contributed by atoms with E-state index in [1.165, 1.54) is 34.7 Å². The van der Waals surface area contributed by atoms with Gasteiger partial charge in [-0.05, 0) is 73.0 Å². The summed E-state index contributed by atoms with van der Waals surface area (Å²) in [6, 6.07) is 30.7. The number of hydrogen-bond donors (Lipinski definition) is 3. The summed E-state index contributed by atoms with van der Waals surface area (Å²) in [7, 11) is 0. The lowest BCUT2D eigenvalue weighted by Gasteiger charge is -2.27. The summed E-state index contributed by atoms with van der Waals surface area (Å²) in [6.45, 7) is 4.23. The third kappa shape index (κ3) is 9.99. The van der Waals surface area contributed by atoms with Gasteiger partial charge in [0.15, 0.2) is 0 Å². The highest BCUT2D eigenvalue weighted by Crippen LogP contribution is 2.38. The second-order valence-electron chi connectivity index (χ2n) is 12.2. The molecular weight excluding hydrogens is 764 g/mol. The lowest BCUT2D eigenvalue weighted by atomic mass is 10.0. The summed E-state index contributed by atoms with van der Waals surface area (Å²) in [5, 5.41) is 9.58. The molecule has 0 spiro atoms. The van der Waals surface area contributed by atoms with Crippen LogP contribution >= 0.6 is 46.3 Å². The fraction of sp³-hybridized carbons (Fsp3) is 0.171. The number of nitrogens with one attached hydrogen (secondary N) is 3. The zero-order chi connectivity index (χ0) is 38.0. The van der Waals surface area contributed by atoms with Gasteiger partial charge in [0, 0.05) is 56.3 Å². The standard InChI is InChI=1S/C41H36Cl2N4O5S2/c1-2-52-41(51)37-30-19-20-47(23-26-11-5-3-6-12-26)24-35(30)54-40(37)46-36(48)25-53-29-16-9-15-28(21-29)44-39(50)34(22-31-32(42)17-10-18-33(31)43)45-38(49)27-13-7-4-8-14-27/h3-18,21-22H,2,19-20,23-25H2,1H3,(H,44,50)(H,45,49)(H,46,48)/b34-22+. The number of amides is 3. The molecule has 0 radical (unpaired) electrons. The van der Waals surface area contributed by atoms with Crippen LogP contribution in [0.2, 0.25) is 10.0 Å². The second kappa shape index (κ2) is 18.4. The SMILES string of the molecule is CCOC(=O)c1c(NC(=O)CSc2cccc(NC(=O)/C(=C\c3c(Cl)cccc3Cl)NC(=O)c3ccccc3)c2)sc2c1CCN(Cc1ccccc1)C2. The summed E-state index contributed by atoms with van der Waals surface area (Å²) < 4.78 is 5.40. The van der Waals surface area contributed by atoms with Crippen molar-refractivity contribution < 1.29 is 23.9 Å². The number of thiophene rings is 1. The number of rotatable bonds is 13. The van der Waals surface area contributed by atoms with E-state index in [1.807, 2.05) is 24.3 Å². The number of halogens is 2. The average Bonchev–Trinajstić information content (AvgIpc) is 3.53. The third-order valence-corrected chi connectivity index (χ3v) is 11.2. The fourth-order valence-electron chi connectivity index (χ4n) is 5.85. The molecular formula is C41H36Cl2N4O5S2. The zero-order valence-corrected chi connectivity index (χ0v) is 32.3. The quantitative estimate of drug-likeness (QED) is 0.0619. The molecule has 1 aliphatic rings. The van der Waals surface area contributed by atoms with Crippen molar-refractivity contribution in [3.63, 3.8) is 0 Å². The molecule has 4 aromatic carbocycles. The van der Waals surface area contributed by atoms with Crippen molar-refractivity contribution in [2.24, 2.45) is 0 Å². The van der Waals surface area contributed by atoms with Gasteiger partial charge in [-0.25, -0.2) is 4.79 Å².